The summed E-state index contributed by atoms with van der Waals surface area (Å²) in [6, 6.07) is 5.53. The molecule has 0 bridgehead atoms. The summed E-state index contributed by atoms with van der Waals surface area (Å²) >= 11 is 0. The molecule has 0 aromatic heterocycles. The second kappa shape index (κ2) is 4.94. The Hall–Kier alpha value is -1.26. The van der Waals surface area contributed by atoms with Gasteiger partial charge in [0.15, 0.2) is 0 Å². The molecule has 1 aliphatic heterocycles. The molecule has 0 radical (unpaired) electrons. The zero-order chi connectivity index (χ0) is 12.4. The molecular formula is C13H20N2O2. The number of hydrogen-bond acceptors (Lipinski definition) is 4. The van der Waals surface area contributed by atoms with Gasteiger partial charge in [-0.2, -0.15) is 0 Å². The molecule has 1 atom stereocenters. The van der Waals surface area contributed by atoms with Crippen molar-refractivity contribution in [1.82, 2.24) is 10.2 Å². The molecule has 1 fully saturated rings. The maximum absolute atomic E-state index is 9.88. The van der Waals surface area contributed by atoms with E-state index in [-0.39, 0.29) is 17.5 Å². The predicted molar refractivity (Wildman–Crippen MR) is 67.2 cm³/mol. The van der Waals surface area contributed by atoms with Crippen molar-refractivity contribution in [1.29, 1.82) is 0 Å². The van der Waals surface area contributed by atoms with Crippen molar-refractivity contribution in [3.63, 3.8) is 0 Å². The second-order valence-corrected chi connectivity index (χ2v) is 4.56. The van der Waals surface area contributed by atoms with Gasteiger partial charge in [-0.25, -0.2) is 0 Å². The molecule has 0 saturated carbocycles. The average Bonchev–Trinajstić information content (AvgIpc) is 2.22. The fourth-order valence-electron chi connectivity index (χ4n) is 2.42. The Morgan fingerprint density at radius 2 is 2.12 bits per heavy atom. The zero-order valence-electron chi connectivity index (χ0n) is 10.3. The minimum absolute atomic E-state index is 0.104. The Kier molecular flexibility index (Phi) is 3.54. The van der Waals surface area contributed by atoms with E-state index in [0.29, 0.717) is 6.04 Å². The minimum atomic E-state index is 0.104. The molecule has 17 heavy (non-hydrogen) atoms. The van der Waals surface area contributed by atoms with E-state index in [1.54, 1.807) is 12.1 Å². The molecule has 1 unspecified atom stereocenters. The van der Waals surface area contributed by atoms with Gasteiger partial charge < -0.3 is 15.5 Å². The highest BCUT2D eigenvalue weighted by molar-refractivity contribution is 5.40. The van der Waals surface area contributed by atoms with Crippen LogP contribution in [0.2, 0.25) is 0 Å². The molecule has 0 amide bonds. The molecule has 94 valence electrons. The van der Waals surface area contributed by atoms with E-state index in [0.717, 1.165) is 25.2 Å². The SMILES string of the molecule is CCN(C1CNC1)C(C)c1ccc(O)cc1O. The number of benzene rings is 1. The van der Waals surface area contributed by atoms with Crippen molar-refractivity contribution < 1.29 is 10.2 Å². The number of aromatic hydroxyl groups is 2. The van der Waals surface area contributed by atoms with Crippen LogP contribution in [-0.4, -0.2) is 40.8 Å². The Bertz CT molecular complexity index is 391. The third-order valence-corrected chi connectivity index (χ3v) is 3.56. The van der Waals surface area contributed by atoms with E-state index in [1.165, 1.54) is 6.07 Å². The third kappa shape index (κ3) is 2.37. The molecule has 3 N–H and O–H groups in total. The average molecular weight is 236 g/mol. The largest absolute Gasteiger partial charge is 0.508 e. The number of phenolic OH excluding ortho intramolecular Hbond substituents is 2. The maximum Gasteiger partial charge on any atom is 0.124 e. The van der Waals surface area contributed by atoms with Crippen LogP contribution in [0.25, 0.3) is 0 Å². The fourth-order valence-corrected chi connectivity index (χ4v) is 2.42. The first-order valence-electron chi connectivity index (χ1n) is 6.11. The normalized spacial score (nSPS) is 18.1. The first-order chi connectivity index (χ1) is 8.13. The van der Waals surface area contributed by atoms with Crippen molar-refractivity contribution in [3.8, 4) is 11.5 Å². The number of phenols is 2. The number of nitrogens with zero attached hydrogens (tertiary/aromatic N) is 1. The van der Waals surface area contributed by atoms with Crippen LogP contribution in [0.3, 0.4) is 0 Å². The van der Waals surface area contributed by atoms with Crippen molar-refractivity contribution in [2.24, 2.45) is 0 Å². The summed E-state index contributed by atoms with van der Waals surface area (Å²) in [6.07, 6.45) is 0. The van der Waals surface area contributed by atoms with Gasteiger partial charge >= 0.3 is 0 Å². The lowest BCUT2D eigenvalue weighted by Crippen LogP contribution is -2.57. The van der Waals surface area contributed by atoms with Gasteiger partial charge in [-0.3, -0.25) is 4.90 Å². The Morgan fingerprint density at radius 3 is 2.59 bits per heavy atom. The molecule has 1 saturated heterocycles. The molecule has 1 heterocycles. The van der Waals surface area contributed by atoms with Crippen LogP contribution in [0.5, 0.6) is 11.5 Å². The lowest BCUT2D eigenvalue weighted by Gasteiger charge is -2.41. The van der Waals surface area contributed by atoms with Gasteiger partial charge in [0.1, 0.15) is 11.5 Å². The van der Waals surface area contributed by atoms with Gasteiger partial charge in [0.05, 0.1) is 0 Å². The molecule has 0 aliphatic carbocycles. The van der Waals surface area contributed by atoms with E-state index in [2.05, 4.69) is 24.1 Å². The van der Waals surface area contributed by atoms with Gasteiger partial charge in [-0.15, -0.1) is 0 Å². The minimum Gasteiger partial charge on any atom is -0.508 e. The van der Waals surface area contributed by atoms with E-state index >= 15 is 0 Å². The second-order valence-electron chi connectivity index (χ2n) is 4.56. The molecule has 2 rings (SSSR count). The first kappa shape index (κ1) is 12.2. The number of rotatable bonds is 4. The predicted octanol–water partition coefficient (Wildman–Crippen LogP) is 1.45. The zero-order valence-corrected chi connectivity index (χ0v) is 10.3. The van der Waals surface area contributed by atoms with Crippen molar-refractivity contribution in [2.45, 2.75) is 25.9 Å². The van der Waals surface area contributed by atoms with Crippen LogP contribution in [0.1, 0.15) is 25.5 Å². The van der Waals surface area contributed by atoms with Gasteiger partial charge in [0, 0.05) is 36.8 Å². The van der Waals surface area contributed by atoms with Crippen LogP contribution in [0, 0.1) is 0 Å². The summed E-state index contributed by atoms with van der Waals surface area (Å²) in [5.41, 5.74) is 0.872. The van der Waals surface area contributed by atoms with Crippen molar-refractivity contribution in [2.75, 3.05) is 19.6 Å². The number of nitrogens with one attached hydrogen (secondary N) is 1. The van der Waals surface area contributed by atoms with Gasteiger partial charge in [0.25, 0.3) is 0 Å². The number of hydrogen-bond donors (Lipinski definition) is 3. The van der Waals surface area contributed by atoms with Gasteiger partial charge in [-0.1, -0.05) is 13.0 Å². The maximum atomic E-state index is 9.88. The fraction of sp³-hybridized carbons (Fsp3) is 0.538. The Balaban J connectivity index is 2.19. The molecule has 0 spiro atoms. The Morgan fingerprint density at radius 1 is 1.41 bits per heavy atom. The van der Waals surface area contributed by atoms with E-state index in [1.807, 2.05) is 0 Å². The lowest BCUT2D eigenvalue weighted by molar-refractivity contribution is 0.108. The van der Waals surface area contributed by atoms with Crippen LogP contribution in [0.4, 0.5) is 0 Å². The summed E-state index contributed by atoms with van der Waals surface area (Å²) in [5, 5.41) is 22.4. The molecule has 4 heteroatoms. The van der Waals surface area contributed by atoms with Crippen LogP contribution < -0.4 is 5.32 Å². The van der Waals surface area contributed by atoms with E-state index in [4.69, 9.17) is 0 Å². The summed E-state index contributed by atoms with van der Waals surface area (Å²) in [7, 11) is 0. The molecular weight excluding hydrogens is 216 g/mol. The van der Waals surface area contributed by atoms with E-state index in [9.17, 15) is 10.2 Å². The van der Waals surface area contributed by atoms with E-state index < -0.39 is 0 Å². The summed E-state index contributed by atoms with van der Waals surface area (Å²) in [6.45, 7) is 7.20. The van der Waals surface area contributed by atoms with Gasteiger partial charge in [-0.05, 0) is 19.5 Å². The van der Waals surface area contributed by atoms with Crippen LogP contribution in [0.15, 0.2) is 18.2 Å². The standard InChI is InChI=1S/C13H20N2O2/c1-3-15(10-7-14-8-10)9(2)12-5-4-11(16)6-13(12)17/h4-6,9-10,14,16-17H,3,7-8H2,1-2H3. The van der Waals surface area contributed by atoms with Crippen molar-refractivity contribution in [3.05, 3.63) is 23.8 Å². The van der Waals surface area contributed by atoms with Crippen molar-refractivity contribution >= 4 is 0 Å². The van der Waals surface area contributed by atoms with Gasteiger partial charge in [0.2, 0.25) is 0 Å². The van der Waals surface area contributed by atoms with Crippen LogP contribution in [-0.2, 0) is 0 Å². The molecule has 4 nitrogen and oxygen atoms in total. The highest BCUT2D eigenvalue weighted by atomic mass is 16.3. The highest BCUT2D eigenvalue weighted by Gasteiger charge is 2.28. The van der Waals surface area contributed by atoms with Crippen LogP contribution >= 0.6 is 0 Å². The summed E-state index contributed by atoms with van der Waals surface area (Å²) in [5.74, 6) is 0.273. The Labute approximate surface area is 102 Å². The quantitative estimate of drug-likeness (QED) is 0.740. The topological polar surface area (TPSA) is 55.7 Å². The highest BCUT2D eigenvalue weighted by Crippen LogP contribution is 2.32. The molecule has 1 aliphatic rings. The molecule has 1 aromatic carbocycles. The monoisotopic (exact) mass is 236 g/mol. The smallest absolute Gasteiger partial charge is 0.124 e. The molecule has 1 aromatic rings. The third-order valence-electron chi connectivity index (χ3n) is 3.56. The summed E-state index contributed by atoms with van der Waals surface area (Å²) in [4.78, 5) is 2.36. The number of likely N-dealkylation sites (N-methyl/N-ethyl adjacent to an activating group) is 1. The first-order valence-corrected chi connectivity index (χ1v) is 6.11. The lowest BCUT2D eigenvalue weighted by atomic mass is 10.0. The summed E-state index contributed by atoms with van der Waals surface area (Å²) < 4.78 is 0.